The van der Waals surface area contributed by atoms with Crippen LogP contribution >= 0.6 is 0 Å². The van der Waals surface area contributed by atoms with E-state index in [2.05, 4.69) is 10.5 Å². The number of fused-ring (bicyclic) bond motifs is 2. The van der Waals surface area contributed by atoms with Crippen LogP contribution in [-0.4, -0.2) is 40.4 Å². The summed E-state index contributed by atoms with van der Waals surface area (Å²) in [6, 6.07) is 14.0. The highest BCUT2D eigenvalue weighted by Gasteiger charge is 2.41. The highest BCUT2D eigenvalue weighted by atomic mass is 16.5. The number of hydrogen-bond acceptors (Lipinski definition) is 5. The fraction of sp³-hybridized carbons (Fsp3) is 0.308. The molecule has 8 heteroatoms. The quantitative estimate of drug-likeness (QED) is 0.633. The summed E-state index contributed by atoms with van der Waals surface area (Å²) in [5, 5.41) is 6.80. The fourth-order valence-electron chi connectivity index (χ4n) is 4.74. The van der Waals surface area contributed by atoms with Crippen molar-refractivity contribution in [2.45, 2.75) is 45.8 Å². The Bertz CT molecular complexity index is 1240. The Kier molecular flexibility index (Phi) is 5.65. The molecule has 0 spiro atoms. The monoisotopic (exact) mass is 458 g/mol. The predicted molar refractivity (Wildman–Crippen MR) is 125 cm³/mol. The first-order valence-electron chi connectivity index (χ1n) is 11.4. The van der Waals surface area contributed by atoms with Crippen molar-refractivity contribution < 1.29 is 18.9 Å². The van der Waals surface area contributed by atoms with Gasteiger partial charge in [0.05, 0.1) is 23.5 Å². The molecule has 1 unspecified atom stereocenters. The summed E-state index contributed by atoms with van der Waals surface area (Å²) in [6.07, 6.45) is 1.51. The number of aryl methyl sites for hydroxylation is 2. The zero-order valence-corrected chi connectivity index (χ0v) is 19.2. The largest absolute Gasteiger partial charge is 0.361 e. The number of aromatic nitrogens is 1. The lowest BCUT2D eigenvalue weighted by Gasteiger charge is -2.26. The Hall–Kier alpha value is -3.94. The summed E-state index contributed by atoms with van der Waals surface area (Å²) in [7, 11) is 0. The minimum absolute atomic E-state index is 0.0583. The molecule has 34 heavy (non-hydrogen) atoms. The van der Waals surface area contributed by atoms with E-state index in [9.17, 15) is 14.4 Å². The first-order valence-corrected chi connectivity index (χ1v) is 11.4. The second-order valence-corrected chi connectivity index (χ2v) is 8.78. The molecule has 5 rings (SSSR count). The van der Waals surface area contributed by atoms with Crippen LogP contribution in [0.25, 0.3) is 0 Å². The summed E-state index contributed by atoms with van der Waals surface area (Å²) in [5.41, 5.74) is 4.22. The number of carbonyl (C=O) groups excluding carboxylic acids is 3. The molecule has 0 bridgehead atoms. The van der Waals surface area contributed by atoms with Gasteiger partial charge in [0.1, 0.15) is 11.8 Å². The Morgan fingerprint density at radius 3 is 2.62 bits per heavy atom. The van der Waals surface area contributed by atoms with Crippen molar-refractivity contribution in [2.75, 3.05) is 11.4 Å². The van der Waals surface area contributed by atoms with Gasteiger partial charge in [0.25, 0.3) is 11.8 Å². The van der Waals surface area contributed by atoms with Crippen molar-refractivity contribution >= 4 is 23.4 Å². The molecule has 3 amide bonds. The number of nitrogens with zero attached hydrogens (tertiary/aromatic N) is 3. The number of carbonyl (C=O) groups is 3. The first kappa shape index (κ1) is 21.9. The van der Waals surface area contributed by atoms with E-state index in [1.807, 2.05) is 44.2 Å². The third kappa shape index (κ3) is 3.85. The lowest BCUT2D eigenvalue weighted by molar-refractivity contribution is -0.122. The molecular weight excluding hydrogens is 432 g/mol. The molecule has 3 aromatic rings. The third-order valence-corrected chi connectivity index (χ3v) is 6.65. The van der Waals surface area contributed by atoms with Crippen LogP contribution < -0.4 is 10.2 Å². The summed E-state index contributed by atoms with van der Waals surface area (Å²) in [4.78, 5) is 42.5. The standard InChI is InChI=1S/C26H26N4O4/c1-16-21(17(2)34-28-16)14-27-24(31)19-11-9-18(10-12-19)15-30-22-7-4-3-6-20(22)25(32)29-13-5-8-23(29)26(30)33/h3-4,6-7,9-12,23H,5,8,13-15H2,1-2H3,(H,27,31). The number of anilines is 1. The Labute approximate surface area is 197 Å². The van der Waals surface area contributed by atoms with Crippen molar-refractivity contribution in [1.29, 1.82) is 0 Å². The van der Waals surface area contributed by atoms with Gasteiger partial charge in [0.2, 0.25) is 5.91 Å². The summed E-state index contributed by atoms with van der Waals surface area (Å²) in [5.74, 6) is 0.348. The molecule has 1 fully saturated rings. The van der Waals surface area contributed by atoms with Gasteiger partial charge in [-0.15, -0.1) is 0 Å². The van der Waals surface area contributed by atoms with Gasteiger partial charge >= 0.3 is 0 Å². The van der Waals surface area contributed by atoms with Crippen LogP contribution in [0.5, 0.6) is 0 Å². The van der Waals surface area contributed by atoms with Crippen molar-refractivity contribution in [3.05, 3.63) is 82.2 Å². The first-order chi connectivity index (χ1) is 16.4. The van der Waals surface area contributed by atoms with Gasteiger partial charge in [0, 0.05) is 24.2 Å². The van der Waals surface area contributed by atoms with Gasteiger partial charge in [-0.2, -0.15) is 0 Å². The molecule has 2 aliphatic rings. The van der Waals surface area contributed by atoms with E-state index < -0.39 is 6.04 Å². The van der Waals surface area contributed by atoms with Gasteiger partial charge in [-0.3, -0.25) is 14.4 Å². The maximum absolute atomic E-state index is 13.4. The van der Waals surface area contributed by atoms with E-state index in [0.29, 0.717) is 48.6 Å². The molecular formula is C26H26N4O4. The molecule has 1 N–H and O–H groups in total. The second kappa shape index (κ2) is 8.78. The van der Waals surface area contributed by atoms with Gasteiger partial charge in [-0.1, -0.05) is 29.4 Å². The van der Waals surface area contributed by atoms with Gasteiger partial charge < -0.3 is 19.6 Å². The molecule has 2 aromatic carbocycles. The van der Waals surface area contributed by atoms with E-state index in [-0.39, 0.29) is 17.7 Å². The highest BCUT2D eigenvalue weighted by Crippen LogP contribution is 2.33. The number of benzene rings is 2. The Morgan fingerprint density at radius 1 is 1.12 bits per heavy atom. The normalized spacial score (nSPS) is 17.4. The molecule has 1 saturated heterocycles. The SMILES string of the molecule is Cc1noc(C)c1CNC(=O)c1ccc(CN2C(=O)C3CCCN3C(=O)c3ccccc32)cc1. The number of para-hydroxylation sites is 1. The van der Waals surface area contributed by atoms with E-state index in [1.165, 1.54) is 0 Å². The molecule has 0 saturated carbocycles. The van der Waals surface area contributed by atoms with Crippen LogP contribution in [0.3, 0.4) is 0 Å². The maximum atomic E-state index is 13.4. The van der Waals surface area contributed by atoms with E-state index >= 15 is 0 Å². The van der Waals surface area contributed by atoms with Gasteiger partial charge in [0.15, 0.2) is 0 Å². The van der Waals surface area contributed by atoms with Crippen LogP contribution in [0.15, 0.2) is 53.1 Å². The van der Waals surface area contributed by atoms with Crippen LogP contribution in [-0.2, 0) is 17.9 Å². The van der Waals surface area contributed by atoms with Crippen LogP contribution in [0.2, 0.25) is 0 Å². The van der Waals surface area contributed by atoms with Crippen molar-refractivity contribution in [1.82, 2.24) is 15.4 Å². The van der Waals surface area contributed by atoms with E-state index in [1.54, 1.807) is 28.0 Å². The summed E-state index contributed by atoms with van der Waals surface area (Å²) < 4.78 is 5.14. The number of rotatable bonds is 5. The summed E-state index contributed by atoms with van der Waals surface area (Å²) >= 11 is 0. The number of nitrogens with one attached hydrogen (secondary N) is 1. The van der Waals surface area contributed by atoms with Gasteiger partial charge in [-0.25, -0.2) is 0 Å². The smallest absolute Gasteiger partial charge is 0.256 e. The minimum Gasteiger partial charge on any atom is -0.361 e. The fourth-order valence-corrected chi connectivity index (χ4v) is 4.74. The van der Waals surface area contributed by atoms with Crippen molar-refractivity contribution in [3.63, 3.8) is 0 Å². The molecule has 3 heterocycles. The Balaban J connectivity index is 1.34. The van der Waals surface area contributed by atoms with Crippen LogP contribution in [0.1, 0.15) is 56.1 Å². The lowest BCUT2D eigenvalue weighted by atomic mass is 10.1. The zero-order chi connectivity index (χ0) is 23.8. The lowest BCUT2D eigenvalue weighted by Crippen LogP contribution is -2.44. The topological polar surface area (TPSA) is 95.8 Å². The highest BCUT2D eigenvalue weighted by molar-refractivity contribution is 6.11. The summed E-state index contributed by atoms with van der Waals surface area (Å²) in [6.45, 7) is 4.93. The van der Waals surface area contributed by atoms with Crippen LogP contribution in [0.4, 0.5) is 5.69 Å². The molecule has 1 aromatic heterocycles. The third-order valence-electron chi connectivity index (χ3n) is 6.65. The van der Waals surface area contributed by atoms with Crippen molar-refractivity contribution in [3.8, 4) is 0 Å². The minimum atomic E-state index is -0.422. The molecule has 1 atom stereocenters. The molecule has 0 radical (unpaired) electrons. The average molecular weight is 459 g/mol. The molecule has 174 valence electrons. The molecule has 8 nitrogen and oxygen atoms in total. The van der Waals surface area contributed by atoms with Gasteiger partial charge in [-0.05, 0) is 56.5 Å². The molecule has 2 aliphatic heterocycles. The average Bonchev–Trinajstić information content (AvgIpc) is 3.45. The van der Waals surface area contributed by atoms with Crippen LogP contribution in [0, 0.1) is 13.8 Å². The second-order valence-electron chi connectivity index (χ2n) is 8.78. The molecule has 0 aliphatic carbocycles. The van der Waals surface area contributed by atoms with E-state index in [0.717, 1.165) is 23.2 Å². The maximum Gasteiger partial charge on any atom is 0.256 e. The predicted octanol–water partition coefficient (Wildman–Crippen LogP) is 3.37. The zero-order valence-electron chi connectivity index (χ0n) is 19.2. The number of hydrogen-bond donors (Lipinski definition) is 1. The number of amides is 3. The van der Waals surface area contributed by atoms with E-state index in [4.69, 9.17) is 4.52 Å². The van der Waals surface area contributed by atoms with Crippen molar-refractivity contribution in [2.24, 2.45) is 0 Å². The Morgan fingerprint density at radius 2 is 1.88 bits per heavy atom.